The number of benzene rings is 1. The summed E-state index contributed by atoms with van der Waals surface area (Å²) in [4.78, 5) is 9.05. The second-order valence-electron chi connectivity index (χ2n) is 4.99. The van der Waals surface area contributed by atoms with Gasteiger partial charge in [0.05, 0.1) is 21.9 Å². The van der Waals surface area contributed by atoms with Crippen molar-refractivity contribution in [3.63, 3.8) is 0 Å². The Balaban J connectivity index is 2.05. The zero-order valence-electron chi connectivity index (χ0n) is 11.5. The van der Waals surface area contributed by atoms with Gasteiger partial charge in [0.2, 0.25) is 0 Å². The molecule has 0 radical (unpaired) electrons. The Morgan fingerprint density at radius 2 is 2.25 bits per heavy atom. The van der Waals surface area contributed by atoms with Crippen molar-refractivity contribution >= 4 is 34.0 Å². The molecule has 104 valence electrons. The highest BCUT2D eigenvalue weighted by molar-refractivity contribution is 7.09. The first-order valence-corrected chi connectivity index (χ1v) is 8.02. The standard InChI is InChI=1S/C15H16ClN3S/c1-10-4-3-5-12-14(10)19(13(8-16)18-12)9-11(2)15-17-6-7-20-15/h3-7,11H,8-9H2,1-2H3. The van der Waals surface area contributed by atoms with Crippen LogP contribution in [0, 0.1) is 6.92 Å². The van der Waals surface area contributed by atoms with Gasteiger partial charge in [-0.3, -0.25) is 0 Å². The van der Waals surface area contributed by atoms with Crippen molar-refractivity contribution < 1.29 is 0 Å². The molecule has 0 aliphatic heterocycles. The van der Waals surface area contributed by atoms with Gasteiger partial charge in [0.1, 0.15) is 5.82 Å². The molecular formula is C15H16ClN3S. The van der Waals surface area contributed by atoms with Gasteiger partial charge in [-0.1, -0.05) is 19.1 Å². The molecule has 1 atom stereocenters. The van der Waals surface area contributed by atoms with E-state index in [2.05, 4.69) is 34.4 Å². The average molecular weight is 306 g/mol. The molecule has 3 nitrogen and oxygen atoms in total. The maximum absolute atomic E-state index is 6.07. The number of fused-ring (bicyclic) bond motifs is 1. The third kappa shape index (κ3) is 2.34. The summed E-state index contributed by atoms with van der Waals surface area (Å²) < 4.78 is 2.24. The molecule has 0 amide bonds. The van der Waals surface area contributed by atoms with Crippen LogP contribution in [0.3, 0.4) is 0 Å². The highest BCUT2D eigenvalue weighted by atomic mass is 35.5. The number of aromatic nitrogens is 3. The quantitative estimate of drug-likeness (QED) is 0.671. The van der Waals surface area contributed by atoms with Crippen molar-refractivity contribution in [3.05, 3.63) is 46.2 Å². The van der Waals surface area contributed by atoms with E-state index in [0.717, 1.165) is 22.9 Å². The lowest BCUT2D eigenvalue weighted by Crippen LogP contribution is -2.09. The number of halogens is 1. The van der Waals surface area contributed by atoms with Crippen LogP contribution in [0.15, 0.2) is 29.8 Å². The first-order valence-electron chi connectivity index (χ1n) is 6.60. The van der Waals surface area contributed by atoms with Crippen LogP contribution in [0.2, 0.25) is 0 Å². The van der Waals surface area contributed by atoms with Crippen LogP contribution < -0.4 is 0 Å². The number of aryl methyl sites for hydroxylation is 1. The summed E-state index contributed by atoms with van der Waals surface area (Å²) >= 11 is 7.77. The average Bonchev–Trinajstić information content (AvgIpc) is 3.07. The van der Waals surface area contributed by atoms with Crippen molar-refractivity contribution in [2.75, 3.05) is 0 Å². The third-order valence-electron chi connectivity index (χ3n) is 3.50. The zero-order chi connectivity index (χ0) is 14.1. The minimum absolute atomic E-state index is 0.356. The summed E-state index contributed by atoms with van der Waals surface area (Å²) in [5.74, 6) is 1.71. The molecule has 1 aromatic carbocycles. The topological polar surface area (TPSA) is 30.7 Å². The lowest BCUT2D eigenvalue weighted by Gasteiger charge is -2.13. The second-order valence-corrected chi connectivity index (χ2v) is 6.18. The molecule has 3 aromatic rings. The molecule has 2 heterocycles. The summed E-state index contributed by atoms with van der Waals surface area (Å²) in [5.41, 5.74) is 3.44. The van der Waals surface area contributed by atoms with E-state index in [1.54, 1.807) is 11.3 Å². The van der Waals surface area contributed by atoms with Crippen LogP contribution in [0.1, 0.15) is 29.2 Å². The van der Waals surface area contributed by atoms with Crippen LogP contribution in [0.5, 0.6) is 0 Å². The van der Waals surface area contributed by atoms with Crippen LogP contribution >= 0.6 is 22.9 Å². The smallest absolute Gasteiger partial charge is 0.124 e. The van der Waals surface area contributed by atoms with Crippen molar-refractivity contribution in [3.8, 4) is 0 Å². The van der Waals surface area contributed by atoms with Crippen molar-refractivity contribution in [2.24, 2.45) is 0 Å². The highest BCUT2D eigenvalue weighted by Crippen LogP contribution is 2.26. The fraction of sp³-hybridized carbons (Fsp3) is 0.333. The molecule has 0 spiro atoms. The number of hydrogen-bond acceptors (Lipinski definition) is 3. The van der Waals surface area contributed by atoms with Gasteiger partial charge in [-0.15, -0.1) is 22.9 Å². The van der Waals surface area contributed by atoms with Gasteiger partial charge in [0.25, 0.3) is 0 Å². The van der Waals surface area contributed by atoms with Gasteiger partial charge in [-0.2, -0.15) is 0 Å². The summed E-state index contributed by atoms with van der Waals surface area (Å²) in [5, 5.41) is 3.17. The molecule has 5 heteroatoms. The van der Waals surface area contributed by atoms with Crippen LogP contribution in [0.25, 0.3) is 11.0 Å². The van der Waals surface area contributed by atoms with Crippen LogP contribution in [0.4, 0.5) is 0 Å². The monoisotopic (exact) mass is 305 g/mol. The third-order valence-corrected chi connectivity index (χ3v) is 4.74. The molecule has 0 saturated heterocycles. The van der Waals surface area contributed by atoms with E-state index in [9.17, 15) is 0 Å². The van der Waals surface area contributed by atoms with Crippen LogP contribution in [-0.2, 0) is 12.4 Å². The van der Waals surface area contributed by atoms with Gasteiger partial charge in [0.15, 0.2) is 0 Å². The summed E-state index contributed by atoms with van der Waals surface area (Å²) in [6.07, 6.45) is 1.86. The lowest BCUT2D eigenvalue weighted by molar-refractivity contribution is 0.591. The van der Waals surface area contributed by atoms with Crippen LogP contribution in [-0.4, -0.2) is 14.5 Å². The Hall–Kier alpha value is -1.39. The maximum Gasteiger partial charge on any atom is 0.124 e. The van der Waals surface area contributed by atoms with Gasteiger partial charge in [0, 0.05) is 24.0 Å². The first kappa shape index (κ1) is 13.6. The fourth-order valence-electron chi connectivity index (χ4n) is 2.54. The molecular weight excluding hydrogens is 290 g/mol. The molecule has 3 rings (SSSR count). The van der Waals surface area contributed by atoms with Gasteiger partial charge in [-0.05, 0) is 18.6 Å². The number of hydrogen-bond donors (Lipinski definition) is 0. The molecule has 2 aromatic heterocycles. The van der Waals surface area contributed by atoms with Gasteiger partial charge >= 0.3 is 0 Å². The Bertz CT molecular complexity index is 718. The number of thiazole rings is 1. The van der Waals surface area contributed by atoms with E-state index in [-0.39, 0.29) is 0 Å². The minimum Gasteiger partial charge on any atom is -0.326 e. The van der Waals surface area contributed by atoms with Crippen molar-refractivity contribution in [1.82, 2.24) is 14.5 Å². The van der Waals surface area contributed by atoms with Crippen molar-refractivity contribution in [2.45, 2.75) is 32.2 Å². The fourth-order valence-corrected chi connectivity index (χ4v) is 3.44. The molecule has 0 aliphatic carbocycles. The number of imidazole rings is 1. The van der Waals surface area contributed by atoms with Gasteiger partial charge < -0.3 is 4.57 Å². The molecule has 0 N–H and O–H groups in total. The largest absolute Gasteiger partial charge is 0.326 e. The zero-order valence-corrected chi connectivity index (χ0v) is 13.1. The van der Waals surface area contributed by atoms with E-state index in [1.165, 1.54) is 11.1 Å². The maximum atomic E-state index is 6.07. The van der Waals surface area contributed by atoms with Crippen molar-refractivity contribution in [1.29, 1.82) is 0 Å². The number of nitrogens with zero attached hydrogens (tertiary/aromatic N) is 3. The number of para-hydroxylation sites is 1. The summed E-state index contributed by atoms with van der Waals surface area (Å²) in [6, 6.07) is 6.20. The normalized spacial score (nSPS) is 12.9. The van der Waals surface area contributed by atoms with E-state index < -0.39 is 0 Å². The van der Waals surface area contributed by atoms with E-state index >= 15 is 0 Å². The molecule has 0 fully saturated rings. The number of alkyl halides is 1. The van der Waals surface area contributed by atoms with Gasteiger partial charge in [-0.25, -0.2) is 9.97 Å². The SMILES string of the molecule is Cc1cccc2nc(CCl)n(CC(C)c3nccs3)c12. The number of rotatable bonds is 4. The molecule has 20 heavy (non-hydrogen) atoms. The predicted octanol–water partition coefficient (Wildman–Crippen LogP) is 4.34. The van der Waals surface area contributed by atoms with E-state index in [4.69, 9.17) is 11.6 Å². The molecule has 0 aliphatic rings. The summed E-state index contributed by atoms with van der Waals surface area (Å²) in [6.45, 7) is 5.17. The minimum atomic E-state index is 0.356. The Kier molecular flexibility index (Phi) is 3.76. The second kappa shape index (κ2) is 5.54. The Morgan fingerprint density at radius 1 is 1.40 bits per heavy atom. The van der Waals surface area contributed by atoms with E-state index in [0.29, 0.717) is 11.8 Å². The molecule has 0 saturated carbocycles. The Labute approximate surface area is 127 Å². The molecule has 0 bridgehead atoms. The van der Waals surface area contributed by atoms with E-state index in [1.807, 2.05) is 23.7 Å². The predicted molar refractivity (Wildman–Crippen MR) is 84.6 cm³/mol. The Morgan fingerprint density at radius 3 is 2.95 bits per heavy atom. The first-order chi connectivity index (χ1) is 9.70. The lowest BCUT2D eigenvalue weighted by atomic mass is 10.1. The summed E-state index contributed by atoms with van der Waals surface area (Å²) in [7, 11) is 0. The highest BCUT2D eigenvalue weighted by Gasteiger charge is 2.16. The molecule has 1 unspecified atom stereocenters.